The number of nitrogens with one attached hydrogen (secondary N) is 3. The largest absolute Gasteiger partial charge is 0.482 e. The van der Waals surface area contributed by atoms with Crippen LogP contribution in [0.1, 0.15) is 0 Å². The fourth-order valence-electron chi connectivity index (χ4n) is 2.54. The summed E-state index contributed by atoms with van der Waals surface area (Å²) in [5, 5.41) is 6.15. The van der Waals surface area contributed by atoms with Crippen LogP contribution in [-0.4, -0.2) is 38.2 Å². The fourth-order valence-corrected chi connectivity index (χ4v) is 3.48. The molecule has 3 rings (SSSR count). The van der Waals surface area contributed by atoms with Crippen LogP contribution in [0.3, 0.4) is 0 Å². The van der Waals surface area contributed by atoms with Crippen LogP contribution in [-0.2, 0) is 10.0 Å². The first-order valence-electron chi connectivity index (χ1n) is 9.05. The van der Waals surface area contributed by atoms with Crippen LogP contribution in [0, 0.1) is 5.82 Å². The summed E-state index contributed by atoms with van der Waals surface area (Å²) >= 11 is 5.85. The summed E-state index contributed by atoms with van der Waals surface area (Å²) in [5.74, 6) is -1.49. The maximum atomic E-state index is 14.4. The van der Waals surface area contributed by atoms with Crippen LogP contribution >= 0.6 is 11.6 Å². The second-order valence-corrected chi connectivity index (χ2v) is 8.73. The molecule has 176 valence electrons. The van der Waals surface area contributed by atoms with Crippen LogP contribution in [0.2, 0.25) is 5.02 Å². The lowest BCUT2D eigenvalue weighted by Crippen LogP contribution is -2.21. The molecule has 14 heteroatoms. The second kappa shape index (κ2) is 9.77. The molecule has 8 nitrogen and oxygen atoms in total. The van der Waals surface area contributed by atoms with Gasteiger partial charge in [0, 0.05) is 22.8 Å². The number of benzene rings is 2. The number of alkyl halides is 3. The summed E-state index contributed by atoms with van der Waals surface area (Å²) in [6.07, 6.45) is -3.54. The number of halogens is 5. The van der Waals surface area contributed by atoms with Crippen LogP contribution in [0.15, 0.2) is 53.7 Å². The lowest BCUT2D eigenvalue weighted by Gasteiger charge is -2.16. The molecule has 0 saturated heterocycles. The third-order valence-electron chi connectivity index (χ3n) is 4.03. The molecule has 0 fully saturated rings. The third-order valence-corrected chi connectivity index (χ3v) is 5.71. The molecule has 1 heterocycles. The van der Waals surface area contributed by atoms with Crippen molar-refractivity contribution in [2.75, 3.05) is 24.3 Å². The Hall–Kier alpha value is -3.16. The van der Waals surface area contributed by atoms with Crippen LogP contribution in [0.25, 0.3) is 0 Å². The number of aromatic nitrogens is 2. The van der Waals surface area contributed by atoms with Crippen molar-refractivity contribution in [3.8, 4) is 5.75 Å². The molecular weight excluding hydrogens is 490 g/mol. The summed E-state index contributed by atoms with van der Waals surface area (Å²) in [7, 11) is -3.19. The topological polar surface area (TPSA) is 105 Å². The number of rotatable bonds is 8. The monoisotopic (exact) mass is 505 g/mol. The van der Waals surface area contributed by atoms with Gasteiger partial charge in [0.1, 0.15) is 34.4 Å². The number of ether oxygens (including phenoxy) is 1. The van der Waals surface area contributed by atoms with Crippen molar-refractivity contribution in [1.82, 2.24) is 14.7 Å². The van der Waals surface area contributed by atoms with E-state index in [9.17, 15) is 26.0 Å². The highest BCUT2D eigenvalue weighted by molar-refractivity contribution is 7.89. The molecule has 0 bridgehead atoms. The van der Waals surface area contributed by atoms with Gasteiger partial charge in [0.25, 0.3) is 0 Å². The quantitative estimate of drug-likeness (QED) is 0.384. The van der Waals surface area contributed by atoms with Gasteiger partial charge in [0.2, 0.25) is 10.0 Å². The van der Waals surface area contributed by atoms with E-state index < -0.39 is 39.3 Å². The van der Waals surface area contributed by atoms with E-state index in [0.717, 1.165) is 19.4 Å². The Labute approximate surface area is 191 Å². The predicted octanol–water partition coefficient (Wildman–Crippen LogP) is 4.61. The molecule has 0 aliphatic carbocycles. The summed E-state index contributed by atoms with van der Waals surface area (Å²) in [6.45, 7) is -1.72. The number of hydrogen-bond acceptors (Lipinski definition) is 7. The summed E-state index contributed by atoms with van der Waals surface area (Å²) in [4.78, 5) is 7.20. The molecule has 0 unspecified atom stereocenters. The van der Waals surface area contributed by atoms with Crippen molar-refractivity contribution in [1.29, 1.82) is 0 Å². The first-order chi connectivity index (χ1) is 15.5. The van der Waals surface area contributed by atoms with Crippen LogP contribution < -0.4 is 20.1 Å². The van der Waals surface area contributed by atoms with Gasteiger partial charge < -0.3 is 15.4 Å². The Kier molecular flexibility index (Phi) is 7.25. The molecule has 1 aromatic heterocycles. The lowest BCUT2D eigenvalue weighted by molar-refractivity contribution is -0.153. The zero-order chi connectivity index (χ0) is 24.2. The van der Waals surface area contributed by atoms with Crippen molar-refractivity contribution in [2.45, 2.75) is 11.1 Å². The summed E-state index contributed by atoms with van der Waals surface area (Å²) in [5.41, 5.74) is 0.382. The molecule has 33 heavy (non-hydrogen) atoms. The van der Waals surface area contributed by atoms with E-state index in [1.165, 1.54) is 6.07 Å². The highest BCUT2D eigenvalue weighted by Gasteiger charge is 2.30. The predicted molar refractivity (Wildman–Crippen MR) is 114 cm³/mol. The first kappa shape index (κ1) is 24.5. The summed E-state index contributed by atoms with van der Waals surface area (Å²) in [6, 6.07) is 9.43. The van der Waals surface area contributed by atoms with E-state index in [0.29, 0.717) is 22.6 Å². The van der Waals surface area contributed by atoms with E-state index in [2.05, 4.69) is 25.3 Å². The van der Waals surface area contributed by atoms with Crippen LogP contribution in [0.5, 0.6) is 5.75 Å². The number of sulfonamides is 1. The average Bonchev–Trinajstić information content (AvgIpc) is 2.75. The Bertz CT molecular complexity index is 1240. The molecular formula is C19H16ClF4N5O3S. The molecule has 0 aliphatic rings. The minimum Gasteiger partial charge on any atom is -0.482 e. The maximum Gasteiger partial charge on any atom is 0.422 e. The van der Waals surface area contributed by atoms with Gasteiger partial charge in [-0.2, -0.15) is 13.2 Å². The molecule has 0 saturated carbocycles. The van der Waals surface area contributed by atoms with E-state index in [4.69, 9.17) is 11.6 Å². The van der Waals surface area contributed by atoms with Crippen molar-refractivity contribution in [2.24, 2.45) is 0 Å². The first-order valence-corrected chi connectivity index (χ1v) is 10.9. The highest BCUT2D eigenvalue weighted by atomic mass is 35.5. The zero-order valence-electron chi connectivity index (χ0n) is 16.7. The van der Waals surface area contributed by atoms with Gasteiger partial charge in [-0.05, 0) is 37.4 Å². The van der Waals surface area contributed by atoms with E-state index in [1.807, 2.05) is 4.72 Å². The fraction of sp³-hybridized carbons (Fsp3) is 0.158. The second-order valence-electron chi connectivity index (χ2n) is 6.44. The van der Waals surface area contributed by atoms with Crippen molar-refractivity contribution >= 4 is 44.6 Å². The zero-order valence-corrected chi connectivity index (χ0v) is 18.3. The minimum absolute atomic E-state index is 0.0673. The van der Waals surface area contributed by atoms with Gasteiger partial charge >= 0.3 is 6.18 Å². The number of hydrogen-bond donors (Lipinski definition) is 3. The van der Waals surface area contributed by atoms with Gasteiger partial charge in [-0.1, -0.05) is 11.6 Å². The van der Waals surface area contributed by atoms with Gasteiger partial charge in [-0.15, -0.1) is 0 Å². The van der Waals surface area contributed by atoms with Crippen molar-refractivity contribution in [3.05, 3.63) is 59.6 Å². The molecule has 0 atom stereocenters. The Morgan fingerprint density at radius 3 is 2.27 bits per heavy atom. The van der Waals surface area contributed by atoms with Gasteiger partial charge in [0.15, 0.2) is 6.61 Å². The molecule has 3 N–H and O–H groups in total. The normalized spacial score (nSPS) is 11.8. The third kappa shape index (κ3) is 6.66. The molecule has 0 radical (unpaired) electrons. The summed E-state index contributed by atoms with van der Waals surface area (Å²) < 4.78 is 83.0. The molecule has 0 spiro atoms. The maximum absolute atomic E-state index is 14.4. The van der Waals surface area contributed by atoms with E-state index in [-0.39, 0.29) is 11.5 Å². The molecule has 0 aliphatic heterocycles. The van der Waals surface area contributed by atoms with Gasteiger partial charge in [-0.25, -0.2) is 27.5 Å². The van der Waals surface area contributed by atoms with Gasteiger partial charge in [-0.3, -0.25) is 0 Å². The Morgan fingerprint density at radius 1 is 1.03 bits per heavy atom. The lowest BCUT2D eigenvalue weighted by atomic mass is 10.2. The van der Waals surface area contributed by atoms with Gasteiger partial charge in [0.05, 0.1) is 5.69 Å². The smallest absolute Gasteiger partial charge is 0.422 e. The van der Waals surface area contributed by atoms with Crippen LogP contribution in [0.4, 0.5) is 40.6 Å². The van der Waals surface area contributed by atoms with E-state index >= 15 is 0 Å². The Balaban J connectivity index is 1.94. The molecule has 3 aromatic rings. The number of nitrogens with zero attached hydrogens (tertiary/aromatic N) is 2. The average molecular weight is 506 g/mol. The number of anilines is 4. The molecule has 0 amide bonds. The Morgan fingerprint density at radius 2 is 1.67 bits per heavy atom. The highest BCUT2D eigenvalue weighted by Crippen LogP contribution is 2.34. The standard InChI is InChI=1S/C19H16ClF4N5O3S/c1-25-33(30,31)16-7-14(15(6-13(16)21)32-9-19(22,23)24)29-18-8-17(26-10-27-18)28-12-4-2-11(20)3-5-12/h2-8,10,25H,9H2,1H3,(H2,26,27,28,29). The van der Waals surface area contributed by atoms with E-state index in [1.54, 1.807) is 24.3 Å². The van der Waals surface area contributed by atoms with Crippen molar-refractivity contribution < 1.29 is 30.7 Å². The SMILES string of the molecule is CNS(=O)(=O)c1cc(Nc2cc(Nc3ccc(Cl)cc3)ncn2)c(OCC(F)(F)F)cc1F. The molecule has 2 aromatic carbocycles. The minimum atomic E-state index is -4.70. The van der Waals surface area contributed by atoms with Crippen molar-refractivity contribution in [3.63, 3.8) is 0 Å².